The van der Waals surface area contributed by atoms with Crippen molar-refractivity contribution in [1.82, 2.24) is 4.98 Å². The van der Waals surface area contributed by atoms with Gasteiger partial charge in [-0.2, -0.15) is 0 Å². The first kappa shape index (κ1) is 14.0. The average molecular weight is 294 g/mol. The zero-order valence-electron chi connectivity index (χ0n) is 12.0. The van der Waals surface area contributed by atoms with Crippen molar-refractivity contribution in [3.05, 3.63) is 70.3 Å². The van der Waals surface area contributed by atoms with Gasteiger partial charge in [0.25, 0.3) is 0 Å². The molecule has 0 bridgehead atoms. The van der Waals surface area contributed by atoms with E-state index in [0.29, 0.717) is 23.2 Å². The van der Waals surface area contributed by atoms with Crippen molar-refractivity contribution in [2.75, 3.05) is 0 Å². The van der Waals surface area contributed by atoms with Crippen LogP contribution in [0.25, 0.3) is 11.0 Å². The molecule has 0 aliphatic rings. The Morgan fingerprint density at radius 2 is 1.95 bits per heavy atom. The van der Waals surface area contributed by atoms with Gasteiger partial charge in [0.2, 0.25) is 0 Å². The SMILES string of the molecule is CC(=NCc1ccncc1)c1c(O)c2ccccc2oc1=O. The number of nitrogens with zero attached hydrogens (tertiary/aromatic N) is 2. The van der Waals surface area contributed by atoms with Gasteiger partial charge in [-0.05, 0) is 36.8 Å². The van der Waals surface area contributed by atoms with Crippen LogP contribution >= 0.6 is 0 Å². The van der Waals surface area contributed by atoms with Crippen molar-refractivity contribution in [3.8, 4) is 5.75 Å². The van der Waals surface area contributed by atoms with Crippen molar-refractivity contribution in [2.45, 2.75) is 13.5 Å². The fourth-order valence-electron chi connectivity index (χ4n) is 2.23. The molecule has 0 unspecified atom stereocenters. The number of hydrogen-bond acceptors (Lipinski definition) is 5. The van der Waals surface area contributed by atoms with Crippen LogP contribution in [0.3, 0.4) is 0 Å². The number of benzene rings is 1. The number of para-hydroxylation sites is 1. The van der Waals surface area contributed by atoms with Gasteiger partial charge in [0.1, 0.15) is 16.9 Å². The Labute approximate surface area is 126 Å². The number of rotatable bonds is 3. The lowest BCUT2D eigenvalue weighted by Crippen LogP contribution is -2.13. The van der Waals surface area contributed by atoms with Crippen LogP contribution in [0.1, 0.15) is 18.1 Å². The first-order valence-electron chi connectivity index (χ1n) is 6.82. The molecule has 0 aliphatic carbocycles. The van der Waals surface area contributed by atoms with Gasteiger partial charge in [-0.15, -0.1) is 0 Å². The Kier molecular flexibility index (Phi) is 3.70. The fraction of sp³-hybridized carbons (Fsp3) is 0.118. The Morgan fingerprint density at radius 3 is 2.73 bits per heavy atom. The first-order valence-corrected chi connectivity index (χ1v) is 6.82. The number of hydrogen-bond donors (Lipinski definition) is 1. The number of aromatic hydroxyl groups is 1. The van der Waals surface area contributed by atoms with E-state index in [1.165, 1.54) is 0 Å². The highest BCUT2D eigenvalue weighted by Gasteiger charge is 2.15. The molecule has 0 saturated carbocycles. The maximum atomic E-state index is 12.1. The largest absolute Gasteiger partial charge is 0.506 e. The number of fused-ring (bicyclic) bond motifs is 1. The maximum absolute atomic E-state index is 12.1. The topological polar surface area (TPSA) is 75.7 Å². The van der Waals surface area contributed by atoms with Crippen LogP contribution in [-0.4, -0.2) is 15.8 Å². The van der Waals surface area contributed by atoms with Crippen LogP contribution < -0.4 is 5.63 Å². The summed E-state index contributed by atoms with van der Waals surface area (Å²) in [6, 6.07) is 10.6. The minimum Gasteiger partial charge on any atom is -0.506 e. The average Bonchev–Trinajstić information content (AvgIpc) is 2.54. The van der Waals surface area contributed by atoms with Crippen LogP contribution in [-0.2, 0) is 6.54 Å². The van der Waals surface area contributed by atoms with Gasteiger partial charge in [-0.1, -0.05) is 12.1 Å². The van der Waals surface area contributed by atoms with Crippen molar-refractivity contribution >= 4 is 16.7 Å². The normalized spacial score (nSPS) is 11.8. The van der Waals surface area contributed by atoms with Crippen LogP contribution in [0.5, 0.6) is 5.75 Å². The molecule has 110 valence electrons. The molecule has 0 radical (unpaired) electrons. The number of aromatic nitrogens is 1. The minimum atomic E-state index is -0.591. The van der Waals surface area contributed by atoms with Gasteiger partial charge < -0.3 is 9.52 Å². The summed E-state index contributed by atoms with van der Waals surface area (Å²) in [7, 11) is 0. The van der Waals surface area contributed by atoms with E-state index >= 15 is 0 Å². The second kappa shape index (κ2) is 5.81. The molecule has 0 saturated heterocycles. The molecule has 5 nitrogen and oxygen atoms in total. The monoisotopic (exact) mass is 294 g/mol. The van der Waals surface area contributed by atoms with Gasteiger partial charge in [0.15, 0.2) is 0 Å². The zero-order chi connectivity index (χ0) is 15.5. The molecule has 2 heterocycles. The molecule has 0 spiro atoms. The summed E-state index contributed by atoms with van der Waals surface area (Å²) < 4.78 is 5.24. The van der Waals surface area contributed by atoms with Crippen molar-refractivity contribution < 1.29 is 9.52 Å². The predicted molar refractivity (Wildman–Crippen MR) is 84.3 cm³/mol. The van der Waals surface area contributed by atoms with Crippen molar-refractivity contribution in [3.63, 3.8) is 0 Å². The predicted octanol–water partition coefficient (Wildman–Crippen LogP) is 2.90. The minimum absolute atomic E-state index is 0.0946. The zero-order valence-corrected chi connectivity index (χ0v) is 12.0. The highest BCUT2D eigenvalue weighted by molar-refractivity contribution is 6.04. The van der Waals surface area contributed by atoms with Gasteiger partial charge in [-0.25, -0.2) is 4.79 Å². The van der Waals surface area contributed by atoms with E-state index in [1.807, 2.05) is 12.1 Å². The molecule has 2 aromatic heterocycles. The summed E-state index contributed by atoms with van der Waals surface area (Å²) in [5.41, 5.74) is 1.28. The molecular weight excluding hydrogens is 280 g/mol. The van der Waals surface area contributed by atoms with Gasteiger partial charge in [0.05, 0.1) is 17.6 Å². The standard InChI is InChI=1S/C17H14N2O3/c1-11(19-10-12-6-8-18-9-7-12)15-16(20)13-4-2-3-5-14(13)22-17(15)21/h2-9,20H,10H2,1H3. The summed E-state index contributed by atoms with van der Waals surface area (Å²) in [5.74, 6) is -0.0946. The fourth-order valence-corrected chi connectivity index (χ4v) is 2.23. The molecule has 1 N–H and O–H groups in total. The lowest BCUT2D eigenvalue weighted by atomic mass is 10.1. The number of aliphatic imine (C=N–C) groups is 1. The highest BCUT2D eigenvalue weighted by atomic mass is 16.4. The first-order chi connectivity index (χ1) is 10.7. The molecule has 0 atom stereocenters. The van der Waals surface area contributed by atoms with E-state index in [9.17, 15) is 9.90 Å². The third-order valence-electron chi connectivity index (χ3n) is 3.40. The highest BCUT2D eigenvalue weighted by Crippen LogP contribution is 2.26. The van der Waals surface area contributed by atoms with Crippen LogP contribution in [0.4, 0.5) is 0 Å². The second-order valence-corrected chi connectivity index (χ2v) is 4.87. The molecule has 0 aliphatic heterocycles. The molecule has 3 aromatic rings. The van der Waals surface area contributed by atoms with Crippen LogP contribution in [0, 0.1) is 0 Å². The van der Waals surface area contributed by atoms with Gasteiger partial charge in [0, 0.05) is 12.4 Å². The summed E-state index contributed by atoms with van der Waals surface area (Å²) in [6.45, 7) is 2.09. The van der Waals surface area contributed by atoms with Gasteiger partial charge in [-0.3, -0.25) is 9.98 Å². The Balaban J connectivity index is 2.04. The van der Waals surface area contributed by atoms with E-state index in [4.69, 9.17) is 4.42 Å². The van der Waals surface area contributed by atoms with E-state index in [1.54, 1.807) is 43.6 Å². The molecular formula is C17H14N2O3. The van der Waals surface area contributed by atoms with E-state index in [2.05, 4.69) is 9.98 Å². The second-order valence-electron chi connectivity index (χ2n) is 4.87. The molecule has 0 amide bonds. The Hall–Kier alpha value is -2.95. The summed E-state index contributed by atoms with van der Waals surface area (Å²) in [4.78, 5) is 20.4. The lowest BCUT2D eigenvalue weighted by molar-refractivity contribution is 0.466. The third-order valence-corrected chi connectivity index (χ3v) is 3.40. The molecule has 22 heavy (non-hydrogen) atoms. The molecule has 1 aromatic carbocycles. The summed E-state index contributed by atoms with van der Waals surface area (Å²) in [5, 5.41) is 10.8. The van der Waals surface area contributed by atoms with Crippen molar-refractivity contribution in [1.29, 1.82) is 0 Å². The van der Waals surface area contributed by atoms with Gasteiger partial charge >= 0.3 is 5.63 Å². The van der Waals surface area contributed by atoms with E-state index in [0.717, 1.165) is 5.56 Å². The van der Waals surface area contributed by atoms with E-state index < -0.39 is 5.63 Å². The summed E-state index contributed by atoms with van der Waals surface area (Å²) in [6.07, 6.45) is 3.37. The number of pyridine rings is 1. The van der Waals surface area contributed by atoms with Crippen LogP contribution in [0.2, 0.25) is 0 Å². The maximum Gasteiger partial charge on any atom is 0.349 e. The van der Waals surface area contributed by atoms with Crippen molar-refractivity contribution in [2.24, 2.45) is 4.99 Å². The lowest BCUT2D eigenvalue weighted by Gasteiger charge is -2.06. The van der Waals surface area contributed by atoms with E-state index in [-0.39, 0.29) is 11.3 Å². The Morgan fingerprint density at radius 1 is 1.23 bits per heavy atom. The third kappa shape index (κ3) is 2.61. The quantitative estimate of drug-likeness (QED) is 0.595. The Bertz CT molecular complexity index is 899. The molecule has 5 heteroatoms. The van der Waals surface area contributed by atoms with Crippen LogP contribution in [0.15, 0.2) is 63.0 Å². The summed E-state index contributed by atoms with van der Waals surface area (Å²) >= 11 is 0. The molecule has 0 fully saturated rings. The smallest absolute Gasteiger partial charge is 0.349 e. The molecule has 3 rings (SSSR count).